The van der Waals surface area contributed by atoms with Gasteiger partial charge in [-0.1, -0.05) is 24.6 Å². The van der Waals surface area contributed by atoms with E-state index in [2.05, 4.69) is 5.32 Å². The van der Waals surface area contributed by atoms with Crippen LogP contribution < -0.4 is 5.32 Å². The highest BCUT2D eigenvalue weighted by molar-refractivity contribution is 8.14. The molecule has 1 saturated carbocycles. The number of anilines is 1. The number of nitrogens with zero attached hydrogens (tertiary/aromatic N) is 2. The normalized spacial score (nSPS) is 22.3. The number of benzene rings is 1. The predicted octanol–water partition coefficient (Wildman–Crippen LogP) is 4.06. The van der Waals surface area contributed by atoms with Gasteiger partial charge in [-0.3, -0.25) is 9.79 Å². The summed E-state index contributed by atoms with van der Waals surface area (Å²) in [4.78, 5) is 19.0. The van der Waals surface area contributed by atoms with E-state index in [-0.39, 0.29) is 36.5 Å². The van der Waals surface area contributed by atoms with Crippen molar-refractivity contribution in [2.24, 2.45) is 4.99 Å². The average molecular weight is 390 g/mol. The standard InChI is InChI=1S/C17H21F2N3OS.ClH/c1-22-13(10-24-17(22)20-12-4-2-3-5-12)9-16(23)21-15-7-6-11(18)8-14(15)19;/h6-8,12-13H,2-5,9-10H2,1H3,(H,21,23);1H. The van der Waals surface area contributed by atoms with Gasteiger partial charge in [-0.15, -0.1) is 12.4 Å². The molecule has 1 N–H and O–H groups in total. The third-order valence-corrected chi connectivity index (χ3v) is 5.70. The lowest BCUT2D eigenvalue weighted by atomic mass is 10.2. The Bertz CT molecular complexity index is 653. The first-order valence-corrected chi connectivity index (χ1v) is 9.20. The van der Waals surface area contributed by atoms with Crippen LogP contribution in [0, 0.1) is 11.6 Å². The smallest absolute Gasteiger partial charge is 0.226 e. The molecule has 0 radical (unpaired) electrons. The first-order chi connectivity index (χ1) is 11.5. The van der Waals surface area contributed by atoms with E-state index in [1.54, 1.807) is 11.8 Å². The molecule has 4 nitrogen and oxygen atoms in total. The van der Waals surface area contributed by atoms with Gasteiger partial charge in [-0.2, -0.15) is 0 Å². The molecule has 1 amide bonds. The highest BCUT2D eigenvalue weighted by Gasteiger charge is 2.30. The van der Waals surface area contributed by atoms with Gasteiger partial charge >= 0.3 is 0 Å². The summed E-state index contributed by atoms with van der Waals surface area (Å²) in [6.07, 6.45) is 5.03. The van der Waals surface area contributed by atoms with Crippen LogP contribution in [0.3, 0.4) is 0 Å². The second kappa shape index (κ2) is 8.85. The maximum atomic E-state index is 13.6. The average Bonchev–Trinajstić information content (AvgIpc) is 3.16. The van der Waals surface area contributed by atoms with Gasteiger partial charge in [-0.25, -0.2) is 8.78 Å². The molecule has 1 aromatic rings. The minimum absolute atomic E-state index is 0. The topological polar surface area (TPSA) is 44.7 Å². The number of thioether (sulfide) groups is 1. The molecule has 2 fully saturated rings. The predicted molar refractivity (Wildman–Crippen MR) is 101 cm³/mol. The van der Waals surface area contributed by atoms with E-state index < -0.39 is 11.6 Å². The Labute approximate surface area is 156 Å². The van der Waals surface area contributed by atoms with E-state index in [0.717, 1.165) is 35.9 Å². The number of carbonyl (C=O) groups excluding carboxylic acids is 1. The van der Waals surface area contributed by atoms with Gasteiger partial charge in [0.2, 0.25) is 5.91 Å². The van der Waals surface area contributed by atoms with Gasteiger partial charge in [0.15, 0.2) is 5.17 Å². The fourth-order valence-electron chi connectivity index (χ4n) is 3.06. The SMILES string of the molecule is CN1C(=NC2CCCC2)SCC1CC(=O)Nc1ccc(F)cc1F.Cl. The Morgan fingerprint density at radius 1 is 1.36 bits per heavy atom. The first kappa shape index (κ1) is 20.0. The van der Waals surface area contributed by atoms with Gasteiger partial charge in [0.1, 0.15) is 11.6 Å². The van der Waals surface area contributed by atoms with Crippen molar-refractivity contribution < 1.29 is 13.6 Å². The van der Waals surface area contributed by atoms with Crippen LogP contribution in [0.25, 0.3) is 0 Å². The number of amidine groups is 1. The van der Waals surface area contributed by atoms with Crippen molar-refractivity contribution in [3.8, 4) is 0 Å². The molecule has 8 heteroatoms. The molecule has 1 saturated heterocycles. The summed E-state index contributed by atoms with van der Waals surface area (Å²) in [6, 6.07) is 3.58. The van der Waals surface area contributed by atoms with E-state index in [9.17, 15) is 13.6 Å². The highest BCUT2D eigenvalue weighted by atomic mass is 35.5. The fourth-order valence-corrected chi connectivity index (χ4v) is 4.32. The van der Waals surface area contributed by atoms with E-state index in [4.69, 9.17) is 4.99 Å². The minimum Gasteiger partial charge on any atom is -0.350 e. The molecule has 1 heterocycles. The minimum atomic E-state index is -0.763. The van der Waals surface area contributed by atoms with Crippen molar-refractivity contribution in [2.45, 2.75) is 44.2 Å². The van der Waals surface area contributed by atoms with Gasteiger partial charge < -0.3 is 10.2 Å². The number of aliphatic imine (C=N–C) groups is 1. The molecule has 1 aliphatic heterocycles. The summed E-state index contributed by atoms with van der Waals surface area (Å²) >= 11 is 1.67. The summed E-state index contributed by atoms with van der Waals surface area (Å²) < 4.78 is 26.5. The Kier molecular flexibility index (Phi) is 7.07. The molecule has 1 aromatic carbocycles. The second-order valence-electron chi connectivity index (χ2n) is 6.30. The zero-order chi connectivity index (χ0) is 17.1. The highest BCUT2D eigenvalue weighted by Crippen LogP contribution is 2.29. The lowest BCUT2D eigenvalue weighted by Crippen LogP contribution is -2.34. The van der Waals surface area contributed by atoms with Crippen LogP contribution in [0.15, 0.2) is 23.2 Å². The molecular weight excluding hydrogens is 368 g/mol. The molecule has 138 valence electrons. The van der Waals surface area contributed by atoms with Crippen LogP contribution in [0.4, 0.5) is 14.5 Å². The molecule has 2 aliphatic rings. The molecular formula is C17H22ClF2N3OS. The number of hydrogen-bond donors (Lipinski definition) is 1. The zero-order valence-corrected chi connectivity index (χ0v) is 15.6. The summed E-state index contributed by atoms with van der Waals surface area (Å²) in [6.45, 7) is 0. The van der Waals surface area contributed by atoms with E-state index in [1.165, 1.54) is 18.9 Å². The van der Waals surface area contributed by atoms with E-state index >= 15 is 0 Å². The van der Waals surface area contributed by atoms with Crippen molar-refractivity contribution >= 4 is 40.9 Å². The third kappa shape index (κ3) is 5.07. The Morgan fingerprint density at radius 3 is 2.76 bits per heavy atom. The van der Waals surface area contributed by atoms with Gasteiger partial charge in [-0.05, 0) is 25.0 Å². The number of hydrogen-bond acceptors (Lipinski definition) is 3. The van der Waals surface area contributed by atoms with Crippen LogP contribution in [0.1, 0.15) is 32.1 Å². The quantitative estimate of drug-likeness (QED) is 0.844. The molecule has 3 rings (SSSR count). The van der Waals surface area contributed by atoms with Crippen molar-refractivity contribution in [3.05, 3.63) is 29.8 Å². The molecule has 1 atom stereocenters. The van der Waals surface area contributed by atoms with Crippen LogP contribution in [-0.2, 0) is 4.79 Å². The fraction of sp³-hybridized carbons (Fsp3) is 0.529. The van der Waals surface area contributed by atoms with Crippen molar-refractivity contribution in [2.75, 3.05) is 18.1 Å². The monoisotopic (exact) mass is 389 g/mol. The summed E-state index contributed by atoms with van der Waals surface area (Å²) in [5.41, 5.74) is 0.00884. The maximum absolute atomic E-state index is 13.6. The second-order valence-corrected chi connectivity index (χ2v) is 7.29. The lowest BCUT2D eigenvalue weighted by Gasteiger charge is -2.21. The van der Waals surface area contributed by atoms with Crippen LogP contribution in [0.5, 0.6) is 0 Å². The number of rotatable bonds is 4. The molecule has 0 aromatic heterocycles. The van der Waals surface area contributed by atoms with Gasteiger partial charge in [0.05, 0.1) is 11.7 Å². The first-order valence-electron chi connectivity index (χ1n) is 8.21. The third-order valence-electron chi connectivity index (χ3n) is 4.50. The lowest BCUT2D eigenvalue weighted by molar-refractivity contribution is -0.116. The Hall–Kier alpha value is -1.34. The number of halogens is 3. The molecule has 0 spiro atoms. The van der Waals surface area contributed by atoms with Gasteiger partial charge in [0.25, 0.3) is 0 Å². The Balaban J connectivity index is 0.00000225. The van der Waals surface area contributed by atoms with Gasteiger partial charge in [0, 0.05) is 31.3 Å². The number of carbonyl (C=O) groups is 1. The molecule has 0 bridgehead atoms. The summed E-state index contributed by atoms with van der Waals surface area (Å²) in [5, 5.41) is 3.51. The molecule has 1 aliphatic carbocycles. The summed E-state index contributed by atoms with van der Waals surface area (Å²) in [5.74, 6) is -0.910. The van der Waals surface area contributed by atoms with Crippen LogP contribution in [-0.4, -0.2) is 40.9 Å². The zero-order valence-electron chi connectivity index (χ0n) is 14.0. The summed E-state index contributed by atoms with van der Waals surface area (Å²) in [7, 11) is 1.95. The van der Waals surface area contributed by atoms with E-state index in [0.29, 0.717) is 6.04 Å². The van der Waals surface area contributed by atoms with E-state index in [1.807, 2.05) is 11.9 Å². The Morgan fingerprint density at radius 2 is 2.08 bits per heavy atom. The van der Waals surface area contributed by atoms with Crippen molar-refractivity contribution in [1.29, 1.82) is 0 Å². The number of amides is 1. The van der Waals surface area contributed by atoms with Crippen molar-refractivity contribution in [1.82, 2.24) is 4.90 Å². The van der Waals surface area contributed by atoms with Crippen LogP contribution in [0.2, 0.25) is 0 Å². The largest absolute Gasteiger partial charge is 0.350 e. The number of nitrogens with one attached hydrogen (secondary N) is 1. The van der Waals surface area contributed by atoms with Crippen LogP contribution >= 0.6 is 24.2 Å². The van der Waals surface area contributed by atoms with Crippen molar-refractivity contribution in [3.63, 3.8) is 0 Å². The molecule has 1 unspecified atom stereocenters. The maximum Gasteiger partial charge on any atom is 0.226 e. The molecule has 25 heavy (non-hydrogen) atoms.